The Morgan fingerprint density at radius 2 is 1.85 bits per heavy atom. The molecule has 4 nitrogen and oxygen atoms in total. The van der Waals surface area contributed by atoms with Gasteiger partial charge in [-0.05, 0) is 25.0 Å². The van der Waals surface area contributed by atoms with E-state index in [0.717, 1.165) is 70.3 Å². The molecule has 1 N–H and O–H groups in total. The summed E-state index contributed by atoms with van der Waals surface area (Å²) in [6, 6.07) is 16.4. The van der Waals surface area contributed by atoms with E-state index in [1.54, 1.807) is 0 Å². The van der Waals surface area contributed by atoms with Gasteiger partial charge in [-0.2, -0.15) is 0 Å². The fourth-order valence-corrected chi connectivity index (χ4v) is 3.18. The van der Waals surface area contributed by atoms with Crippen LogP contribution in [-0.4, -0.2) is 18.1 Å². The molecule has 4 heteroatoms. The average Bonchev–Trinajstić information content (AvgIpc) is 2.69. The van der Waals surface area contributed by atoms with E-state index in [9.17, 15) is 0 Å². The highest BCUT2D eigenvalue weighted by Crippen LogP contribution is 2.31. The van der Waals surface area contributed by atoms with Crippen molar-refractivity contribution in [3.05, 3.63) is 53.9 Å². The van der Waals surface area contributed by atoms with Crippen molar-refractivity contribution in [3.8, 4) is 11.5 Å². The van der Waals surface area contributed by atoms with Crippen molar-refractivity contribution in [3.63, 3.8) is 0 Å². The van der Waals surface area contributed by atoms with Gasteiger partial charge < -0.3 is 9.73 Å². The summed E-state index contributed by atoms with van der Waals surface area (Å²) in [6.07, 6.45) is 2.10. The number of nitrogens with one attached hydrogen (secondary N) is 1. The zero-order valence-corrected chi connectivity index (χ0v) is 15.2. The third-order valence-electron chi connectivity index (χ3n) is 4.46. The third-order valence-corrected chi connectivity index (χ3v) is 4.46. The third kappa shape index (κ3) is 3.03. The predicted octanol–water partition coefficient (Wildman–Crippen LogP) is 5.22. The second-order valence-corrected chi connectivity index (χ2v) is 6.49. The molecule has 132 valence electrons. The fraction of sp³-hybridized carbons (Fsp3) is 0.273. The van der Waals surface area contributed by atoms with Crippen LogP contribution in [0.1, 0.15) is 26.7 Å². The zero-order chi connectivity index (χ0) is 17.9. The fourth-order valence-electron chi connectivity index (χ4n) is 3.18. The van der Waals surface area contributed by atoms with Gasteiger partial charge in [0.1, 0.15) is 11.2 Å². The summed E-state index contributed by atoms with van der Waals surface area (Å²) in [6.45, 7) is 6.04. The number of benzene rings is 3. The smallest absolute Gasteiger partial charge is 0.155 e. The van der Waals surface area contributed by atoms with E-state index in [0.29, 0.717) is 0 Å². The van der Waals surface area contributed by atoms with Crippen LogP contribution in [0.5, 0.6) is 0 Å². The van der Waals surface area contributed by atoms with Crippen molar-refractivity contribution < 1.29 is 4.42 Å². The maximum absolute atomic E-state index is 6.23. The van der Waals surface area contributed by atoms with E-state index < -0.39 is 0 Å². The van der Waals surface area contributed by atoms with Gasteiger partial charge in [-0.1, -0.05) is 38.1 Å². The molecular weight excluding hydrogens is 322 g/mol. The molecule has 0 unspecified atom stereocenters. The van der Waals surface area contributed by atoms with E-state index in [2.05, 4.69) is 37.4 Å². The summed E-state index contributed by atoms with van der Waals surface area (Å²) in [7, 11) is 0. The largest absolute Gasteiger partial charge is 0.453 e. The van der Waals surface area contributed by atoms with Crippen LogP contribution in [0.4, 0.5) is 5.69 Å². The number of fused-ring (bicyclic) bond motifs is 4. The van der Waals surface area contributed by atoms with E-state index >= 15 is 0 Å². The number of anilines is 1. The molecule has 0 fully saturated rings. The molecule has 26 heavy (non-hydrogen) atoms. The number of hydrogen-bond acceptors (Lipinski definition) is 4. The van der Waals surface area contributed by atoms with E-state index in [1.807, 2.05) is 30.3 Å². The molecule has 2 aliphatic rings. The topological polar surface area (TPSA) is 50.4 Å². The first-order valence-corrected chi connectivity index (χ1v) is 9.31. The van der Waals surface area contributed by atoms with Gasteiger partial charge in [-0.15, -0.1) is 0 Å². The molecule has 0 radical (unpaired) electrons. The van der Waals surface area contributed by atoms with Gasteiger partial charge in [-0.3, -0.25) is 4.99 Å². The molecule has 0 aromatic heterocycles. The van der Waals surface area contributed by atoms with E-state index in [-0.39, 0.29) is 0 Å². The van der Waals surface area contributed by atoms with Crippen molar-refractivity contribution >= 4 is 27.6 Å². The Morgan fingerprint density at radius 1 is 1.00 bits per heavy atom. The van der Waals surface area contributed by atoms with Gasteiger partial charge in [0.15, 0.2) is 11.3 Å². The van der Waals surface area contributed by atoms with Crippen LogP contribution in [0.3, 0.4) is 0 Å². The summed E-state index contributed by atoms with van der Waals surface area (Å²) >= 11 is 0. The highest BCUT2D eigenvalue weighted by Gasteiger charge is 2.14. The van der Waals surface area contributed by atoms with Gasteiger partial charge in [0.25, 0.3) is 0 Å². The first-order chi connectivity index (χ1) is 12.8. The molecule has 1 aliphatic heterocycles. The molecule has 0 saturated carbocycles. The van der Waals surface area contributed by atoms with Gasteiger partial charge in [0, 0.05) is 41.7 Å². The highest BCUT2D eigenvalue weighted by atomic mass is 16.3. The molecule has 0 amide bonds. The second-order valence-electron chi connectivity index (χ2n) is 6.49. The second kappa shape index (κ2) is 7.16. The first-order valence-electron chi connectivity index (χ1n) is 9.31. The van der Waals surface area contributed by atoms with Crippen molar-refractivity contribution in [2.75, 3.05) is 18.4 Å². The van der Waals surface area contributed by atoms with Gasteiger partial charge in [-0.25, -0.2) is 4.98 Å². The summed E-state index contributed by atoms with van der Waals surface area (Å²) in [5, 5.41) is 6.57. The monoisotopic (exact) mass is 345 g/mol. The molecule has 1 heterocycles. The standard InChI is InChI=1S/C22H23N3O/c1-3-11-23-15-9-10-18-20(13-15)26-21-14-19(24-12-4-2)16-7-5-6-8-17(16)22(21)25-18/h5-10,13-14,23H,3-4,11-12H2,1-2H3. The van der Waals surface area contributed by atoms with E-state index in [4.69, 9.17) is 14.4 Å². The Kier molecular flexibility index (Phi) is 4.57. The quantitative estimate of drug-likeness (QED) is 0.398. The van der Waals surface area contributed by atoms with Crippen molar-refractivity contribution in [2.45, 2.75) is 26.7 Å². The molecule has 0 spiro atoms. The van der Waals surface area contributed by atoms with E-state index in [1.165, 1.54) is 0 Å². The lowest BCUT2D eigenvalue weighted by molar-refractivity contribution is 0.613. The number of aromatic nitrogens is 1. The maximum atomic E-state index is 6.23. The Bertz CT molecular complexity index is 1100. The Labute approximate surface area is 152 Å². The molecule has 0 bridgehead atoms. The maximum Gasteiger partial charge on any atom is 0.155 e. The minimum Gasteiger partial charge on any atom is -0.453 e. The number of rotatable bonds is 5. The van der Waals surface area contributed by atoms with Gasteiger partial charge in [0.05, 0.1) is 5.36 Å². The van der Waals surface area contributed by atoms with Crippen LogP contribution in [0.2, 0.25) is 0 Å². The van der Waals surface area contributed by atoms with Crippen LogP contribution in [0.15, 0.2) is 57.9 Å². The molecule has 0 atom stereocenters. The van der Waals surface area contributed by atoms with Crippen LogP contribution in [0.25, 0.3) is 33.3 Å². The molecule has 2 aromatic carbocycles. The zero-order valence-electron chi connectivity index (χ0n) is 15.2. The van der Waals surface area contributed by atoms with Crippen molar-refractivity contribution in [1.29, 1.82) is 0 Å². The number of nitrogens with zero attached hydrogens (tertiary/aromatic N) is 2. The van der Waals surface area contributed by atoms with Gasteiger partial charge in [0.2, 0.25) is 0 Å². The van der Waals surface area contributed by atoms with Crippen LogP contribution in [0, 0.1) is 0 Å². The highest BCUT2D eigenvalue weighted by molar-refractivity contribution is 5.96. The first kappa shape index (κ1) is 16.6. The Morgan fingerprint density at radius 3 is 2.65 bits per heavy atom. The Balaban J connectivity index is 1.97. The Hall–Kier alpha value is -2.88. The SMILES string of the molecule is CCCN=c1cc2oc3cc(NCCC)ccc3nc-2c2ccccc12. The normalized spacial score (nSPS) is 12.3. The summed E-state index contributed by atoms with van der Waals surface area (Å²) < 4.78 is 6.23. The molecule has 4 rings (SSSR count). The summed E-state index contributed by atoms with van der Waals surface area (Å²) in [5.41, 5.74) is 3.59. The van der Waals surface area contributed by atoms with Crippen molar-refractivity contribution in [2.24, 2.45) is 4.99 Å². The lowest BCUT2D eigenvalue weighted by Gasteiger charge is -2.11. The average molecular weight is 345 g/mol. The van der Waals surface area contributed by atoms with Crippen LogP contribution >= 0.6 is 0 Å². The van der Waals surface area contributed by atoms with Crippen LogP contribution < -0.4 is 10.7 Å². The molecule has 1 aliphatic carbocycles. The number of hydrogen-bond donors (Lipinski definition) is 1. The predicted molar refractivity (Wildman–Crippen MR) is 108 cm³/mol. The molecular formula is C22H23N3O. The van der Waals surface area contributed by atoms with Gasteiger partial charge >= 0.3 is 0 Å². The molecule has 2 aromatic rings. The lowest BCUT2D eigenvalue weighted by Crippen LogP contribution is -2.07. The minimum atomic E-state index is 0.777. The van der Waals surface area contributed by atoms with Crippen molar-refractivity contribution in [1.82, 2.24) is 4.98 Å². The minimum absolute atomic E-state index is 0.777. The van der Waals surface area contributed by atoms with Crippen LogP contribution in [-0.2, 0) is 0 Å². The summed E-state index contributed by atoms with van der Waals surface area (Å²) in [5.74, 6) is 0.777. The molecule has 0 saturated heterocycles. The lowest BCUT2D eigenvalue weighted by atomic mass is 10.0. The summed E-state index contributed by atoms with van der Waals surface area (Å²) in [4.78, 5) is 9.63.